The minimum atomic E-state index is -0.534. The van der Waals surface area contributed by atoms with E-state index < -0.39 is 10.8 Å². The minimum Gasteiger partial charge on any atom is -0.384 e. The van der Waals surface area contributed by atoms with Crippen LogP contribution in [0.1, 0.15) is 43.7 Å². The molecule has 2 N–H and O–H groups in total. The SMILES string of the molecule is Cc1ccc([C@@H]2C(C#N)=C(N)N(c3ccc([N+](=O)[O-])cc3)C3=C2C(=O)CC(C)(C)C3)cc1. The topological polar surface area (TPSA) is 113 Å². The standard InChI is InChI=1S/C25H24N4O3/c1-15-4-6-16(7-5-15)22-19(14-26)24(27)28(17-8-10-18(11-9-17)29(31)32)20-12-25(2,3)13-21(30)23(20)22/h4-11,22H,12-13,27H2,1-3H3/t22-/m1/s1. The van der Waals surface area contributed by atoms with Gasteiger partial charge in [-0.05, 0) is 36.5 Å². The first-order valence-corrected chi connectivity index (χ1v) is 10.4. The van der Waals surface area contributed by atoms with E-state index in [2.05, 4.69) is 6.07 Å². The molecule has 0 unspecified atom stereocenters. The van der Waals surface area contributed by atoms with Crippen molar-refractivity contribution in [2.45, 2.75) is 39.5 Å². The van der Waals surface area contributed by atoms with Gasteiger partial charge in [-0.3, -0.25) is 19.8 Å². The zero-order valence-corrected chi connectivity index (χ0v) is 18.3. The molecule has 1 atom stereocenters. The molecular weight excluding hydrogens is 404 g/mol. The summed E-state index contributed by atoms with van der Waals surface area (Å²) in [6.45, 7) is 6.04. The molecule has 0 radical (unpaired) electrons. The van der Waals surface area contributed by atoms with Gasteiger partial charge in [0.2, 0.25) is 0 Å². The van der Waals surface area contributed by atoms with E-state index in [4.69, 9.17) is 5.73 Å². The Morgan fingerprint density at radius 3 is 2.31 bits per heavy atom. The second-order valence-electron chi connectivity index (χ2n) is 9.16. The van der Waals surface area contributed by atoms with Crippen LogP contribution in [0.5, 0.6) is 0 Å². The Morgan fingerprint density at radius 1 is 1.12 bits per heavy atom. The summed E-state index contributed by atoms with van der Waals surface area (Å²) in [7, 11) is 0. The van der Waals surface area contributed by atoms with E-state index in [1.807, 2.05) is 45.0 Å². The van der Waals surface area contributed by atoms with Crippen molar-refractivity contribution in [3.63, 3.8) is 0 Å². The Kier molecular flexibility index (Phi) is 5.09. The first-order valence-electron chi connectivity index (χ1n) is 10.4. The Balaban J connectivity index is 1.96. The molecule has 1 aliphatic carbocycles. The molecule has 0 aromatic heterocycles. The van der Waals surface area contributed by atoms with Gasteiger partial charge in [-0.1, -0.05) is 43.7 Å². The maximum atomic E-state index is 13.4. The number of nitro groups is 1. The first-order chi connectivity index (χ1) is 15.1. The predicted octanol–water partition coefficient (Wildman–Crippen LogP) is 4.84. The van der Waals surface area contributed by atoms with Crippen molar-refractivity contribution in [2.75, 3.05) is 4.90 Å². The van der Waals surface area contributed by atoms with Crippen molar-refractivity contribution in [2.24, 2.45) is 11.1 Å². The van der Waals surface area contributed by atoms with Crippen LogP contribution in [0.3, 0.4) is 0 Å². The van der Waals surface area contributed by atoms with Crippen LogP contribution in [0.15, 0.2) is 71.2 Å². The van der Waals surface area contributed by atoms with Crippen LogP contribution in [0.25, 0.3) is 0 Å². The highest BCUT2D eigenvalue weighted by Crippen LogP contribution is 2.50. The van der Waals surface area contributed by atoms with Gasteiger partial charge in [0.05, 0.1) is 22.5 Å². The maximum Gasteiger partial charge on any atom is 0.269 e. The van der Waals surface area contributed by atoms with E-state index in [1.54, 1.807) is 17.0 Å². The van der Waals surface area contributed by atoms with Gasteiger partial charge in [0.25, 0.3) is 5.69 Å². The Labute approximate surface area is 186 Å². The van der Waals surface area contributed by atoms with E-state index in [0.29, 0.717) is 29.7 Å². The highest BCUT2D eigenvalue weighted by molar-refractivity contribution is 6.01. The summed E-state index contributed by atoms with van der Waals surface area (Å²) in [6.07, 6.45) is 0.966. The summed E-state index contributed by atoms with van der Waals surface area (Å²) in [6, 6.07) is 16.0. The zero-order chi connectivity index (χ0) is 23.2. The lowest BCUT2D eigenvalue weighted by Crippen LogP contribution is -2.42. The summed E-state index contributed by atoms with van der Waals surface area (Å²) in [5.74, 6) is -0.293. The number of non-ortho nitro benzene ring substituents is 1. The van der Waals surface area contributed by atoms with Crippen LogP contribution in [-0.2, 0) is 4.79 Å². The Bertz CT molecular complexity index is 1220. The summed E-state index contributed by atoms with van der Waals surface area (Å²) >= 11 is 0. The number of nitrogens with two attached hydrogens (primary N) is 1. The second-order valence-corrected chi connectivity index (χ2v) is 9.16. The van der Waals surface area contributed by atoms with Crippen molar-refractivity contribution in [3.05, 3.63) is 92.4 Å². The van der Waals surface area contributed by atoms with Gasteiger partial charge in [0.1, 0.15) is 5.82 Å². The lowest BCUT2D eigenvalue weighted by atomic mass is 9.68. The van der Waals surface area contributed by atoms with Gasteiger partial charge in [-0.25, -0.2) is 0 Å². The number of aryl methyl sites for hydroxylation is 1. The number of carbonyl (C=O) groups excluding carboxylic acids is 1. The Hall–Kier alpha value is -3.92. The molecule has 0 spiro atoms. The fraction of sp³-hybridized carbons (Fsp3) is 0.280. The zero-order valence-electron chi connectivity index (χ0n) is 18.3. The predicted molar refractivity (Wildman–Crippen MR) is 121 cm³/mol. The first kappa shape index (κ1) is 21.3. The third kappa shape index (κ3) is 3.54. The molecule has 1 heterocycles. The lowest BCUT2D eigenvalue weighted by Gasteiger charge is -2.43. The van der Waals surface area contributed by atoms with E-state index >= 15 is 0 Å². The molecule has 0 amide bonds. The van der Waals surface area contributed by atoms with Crippen LogP contribution in [0.2, 0.25) is 0 Å². The number of ketones is 1. The van der Waals surface area contributed by atoms with Gasteiger partial charge < -0.3 is 5.73 Å². The van der Waals surface area contributed by atoms with Crippen molar-refractivity contribution in [1.82, 2.24) is 0 Å². The number of nitrogens with zero attached hydrogens (tertiary/aromatic N) is 3. The number of nitro benzene ring substituents is 1. The average molecular weight is 428 g/mol. The van der Waals surface area contributed by atoms with Gasteiger partial charge >= 0.3 is 0 Å². The fourth-order valence-corrected chi connectivity index (χ4v) is 4.62. The normalized spacial score (nSPS) is 20.1. The molecule has 0 saturated heterocycles. The molecule has 7 nitrogen and oxygen atoms in total. The Morgan fingerprint density at radius 2 is 1.75 bits per heavy atom. The molecule has 0 bridgehead atoms. The second kappa shape index (κ2) is 7.65. The van der Waals surface area contributed by atoms with E-state index in [-0.39, 0.29) is 22.7 Å². The van der Waals surface area contributed by atoms with Crippen molar-refractivity contribution in [1.29, 1.82) is 5.26 Å². The van der Waals surface area contributed by atoms with E-state index in [1.165, 1.54) is 12.1 Å². The molecule has 2 aromatic carbocycles. The molecule has 7 heteroatoms. The summed E-state index contributed by atoms with van der Waals surface area (Å²) in [5.41, 5.74) is 10.4. The number of nitriles is 1. The molecular formula is C25H24N4O3. The molecule has 32 heavy (non-hydrogen) atoms. The number of anilines is 1. The van der Waals surface area contributed by atoms with Crippen molar-refractivity contribution < 1.29 is 9.72 Å². The monoisotopic (exact) mass is 428 g/mol. The number of benzene rings is 2. The largest absolute Gasteiger partial charge is 0.384 e. The molecule has 2 aromatic rings. The van der Waals surface area contributed by atoms with Gasteiger partial charge in [-0.2, -0.15) is 5.26 Å². The molecule has 1 aliphatic heterocycles. The number of rotatable bonds is 3. The number of carbonyl (C=O) groups is 1. The number of hydrogen-bond acceptors (Lipinski definition) is 6. The van der Waals surface area contributed by atoms with E-state index in [9.17, 15) is 20.2 Å². The molecule has 2 aliphatic rings. The highest BCUT2D eigenvalue weighted by Gasteiger charge is 2.44. The van der Waals surface area contributed by atoms with Crippen LogP contribution in [0.4, 0.5) is 11.4 Å². The quantitative estimate of drug-likeness (QED) is 0.552. The third-order valence-electron chi connectivity index (χ3n) is 6.11. The maximum absolute atomic E-state index is 13.4. The van der Waals surface area contributed by atoms with Crippen molar-refractivity contribution >= 4 is 17.2 Å². The number of Topliss-reactive ketones (excluding diaryl/α,β-unsaturated/α-hetero) is 1. The van der Waals surface area contributed by atoms with Gasteiger partial charge in [0, 0.05) is 35.5 Å². The smallest absolute Gasteiger partial charge is 0.269 e. The summed E-state index contributed by atoms with van der Waals surface area (Å²) in [4.78, 5) is 25.8. The fourth-order valence-electron chi connectivity index (χ4n) is 4.62. The summed E-state index contributed by atoms with van der Waals surface area (Å²) in [5, 5.41) is 21.2. The van der Waals surface area contributed by atoms with Gasteiger partial charge in [0.15, 0.2) is 5.78 Å². The van der Waals surface area contributed by atoms with Crippen LogP contribution in [0, 0.1) is 33.8 Å². The van der Waals surface area contributed by atoms with Crippen LogP contribution < -0.4 is 10.6 Å². The number of hydrogen-bond donors (Lipinski definition) is 1. The minimum absolute atomic E-state index is 0.00557. The van der Waals surface area contributed by atoms with Gasteiger partial charge in [-0.15, -0.1) is 0 Å². The molecule has 0 fully saturated rings. The van der Waals surface area contributed by atoms with Crippen molar-refractivity contribution in [3.8, 4) is 6.07 Å². The third-order valence-corrected chi connectivity index (χ3v) is 6.11. The molecule has 0 saturated carbocycles. The average Bonchev–Trinajstić information content (AvgIpc) is 2.73. The lowest BCUT2D eigenvalue weighted by molar-refractivity contribution is -0.384. The molecule has 4 rings (SSSR count). The summed E-state index contributed by atoms with van der Waals surface area (Å²) < 4.78 is 0. The highest BCUT2D eigenvalue weighted by atomic mass is 16.6. The van der Waals surface area contributed by atoms with E-state index in [0.717, 1.165) is 16.8 Å². The number of allylic oxidation sites excluding steroid dienone is 3. The van der Waals surface area contributed by atoms with Crippen LogP contribution >= 0.6 is 0 Å². The molecule has 162 valence electrons. The van der Waals surface area contributed by atoms with Crippen LogP contribution in [-0.4, -0.2) is 10.7 Å².